The predicted molar refractivity (Wildman–Crippen MR) is 84.3 cm³/mol. The van der Waals surface area contributed by atoms with Gasteiger partial charge in [-0.2, -0.15) is 17.0 Å². The van der Waals surface area contributed by atoms with Crippen molar-refractivity contribution < 1.29 is 18.3 Å². The van der Waals surface area contributed by atoms with Crippen LogP contribution in [0.4, 0.5) is 0 Å². The number of hydrogen-bond donors (Lipinski definition) is 1. The zero-order chi connectivity index (χ0) is 16.0. The molecule has 0 saturated heterocycles. The van der Waals surface area contributed by atoms with Crippen LogP contribution < -0.4 is 0 Å². The summed E-state index contributed by atoms with van der Waals surface area (Å²) in [5, 5.41) is 10.4. The largest absolute Gasteiger partial charge is 0.478 e. The van der Waals surface area contributed by atoms with Crippen molar-refractivity contribution in [3.8, 4) is 0 Å². The molecule has 1 aromatic rings. The van der Waals surface area contributed by atoms with Crippen LogP contribution in [0.15, 0.2) is 17.5 Å². The smallest absolute Gasteiger partial charge is 0.328 e. The molecular formula is C13H20N2O4S2. The van der Waals surface area contributed by atoms with Gasteiger partial charge in [0.1, 0.15) is 0 Å². The number of aliphatic carboxylic acids is 1. The Kier molecular flexibility index (Phi) is 6.53. The highest BCUT2D eigenvalue weighted by Crippen LogP contribution is 2.19. The summed E-state index contributed by atoms with van der Waals surface area (Å²) in [7, 11) is -1.91. The van der Waals surface area contributed by atoms with Gasteiger partial charge in [-0.25, -0.2) is 4.79 Å². The molecular weight excluding hydrogens is 312 g/mol. The Labute approximate surface area is 129 Å². The second-order valence-corrected chi connectivity index (χ2v) is 7.40. The van der Waals surface area contributed by atoms with Gasteiger partial charge in [0.2, 0.25) is 0 Å². The molecule has 0 fully saturated rings. The van der Waals surface area contributed by atoms with Gasteiger partial charge in [-0.1, -0.05) is 13.8 Å². The minimum atomic E-state index is -3.45. The van der Waals surface area contributed by atoms with Crippen molar-refractivity contribution in [2.45, 2.75) is 20.4 Å². The van der Waals surface area contributed by atoms with Crippen molar-refractivity contribution in [2.75, 3.05) is 20.1 Å². The fourth-order valence-electron chi connectivity index (χ4n) is 1.78. The zero-order valence-corrected chi connectivity index (χ0v) is 13.9. The van der Waals surface area contributed by atoms with Crippen molar-refractivity contribution in [3.05, 3.63) is 28.0 Å². The topological polar surface area (TPSA) is 77.9 Å². The van der Waals surface area contributed by atoms with Crippen LogP contribution in [0.25, 0.3) is 6.08 Å². The normalized spacial score (nSPS) is 12.6. The maximum Gasteiger partial charge on any atom is 0.328 e. The number of nitrogens with zero attached hydrogens (tertiary/aromatic N) is 2. The van der Waals surface area contributed by atoms with E-state index in [0.717, 1.165) is 16.5 Å². The van der Waals surface area contributed by atoms with E-state index < -0.39 is 16.2 Å². The van der Waals surface area contributed by atoms with E-state index in [-0.39, 0.29) is 6.54 Å². The Hall–Kier alpha value is -1.22. The standard InChI is InChI=1S/C13H20N2O4S2/c1-4-15(5-2)21(18,19)14(3)9-12-8-11(10-20-12)6-7-13(16)17/h6-8,10H,4-5,9H2,1-3H3,(H,16,17). The molecule has 0 atom stereocenters. The Balaban J connectivity index is 2.79. The first-order valence-electron chi connectivity index (χ1n) is 6.51. The Bertz CT molecular complexity index is 603. The van der Waals surface area contributed by atoms with Gasteiger partial charge in [-0.15, -0.1) is 11.3 Å². The van der Waals surface area contributed by atoms with Crippen molar-refractivity contribution >= 4 is 33.6 Å². The van der Waals surface area contributed by atoms with Crippen LogP contribution in [0.2, 0.25) is 0 Å². The Morgan fingerprint density at radius 3 is 2.52 bits per heavy atom. The molecule has 0 radical (unpaired) electrons. The molecule has 8 heteroatoms. The summed E-state index contributed by atoms with van der Waals surface area (Å²) in [5.74, 6) is -1.01. The predicted octanol–water partition coefficient (Wildman–Crippen LogP) is 1.86. The minimum absolute atomic E-state index is 0.268. The first-order valence-corrected chi connectivity index (χ1v) is 8.78. The number of carboxylic acids is 1. The summed E-state index contributed by atoms with van der Waals surface area (Å²) in [4.78, 5) is 11.3. The van der Waals surface area contributed by atoms with Gasteiger partial charge in [0.05, 0.1) is 0 Å². The summed E-state index contributed by atoms with van der Waals surface area (Å²) in [6.07, 6.45) is 2.55. The lowest BCUT2D eigenvalue weighted by molar-refractivity contribution is -0.131. The van der Waals surface area contributed by atoms with E-state index in [1.165, 1.54) is 26.0 Å². The number of carbonyl (C=O) groups is 1. The van der Waals surface area contributed by atoms with E-state index >= 15 is 0 Å². The molecule has 0 aliphatic rings. The van der Waals surface area contributed by atoms with E-state index in [1.54, 1.807) is 32.3 Å². The SMILES string of the molecule is CCN(CC)S(=O)(=O)N(C)Cc1cc(C=CC(=O)O)cs1. The monoisotopic (exact) mass is 332 g/mol. The van der Waals surface area contributed by atoms with E-state index in [0.29, 0.717) is 13.1 Å². The van der Waals surface area contributed by atoms with Gasteiger partial charge in [0.25, 0.3) is 10.2 Å². The van der Waals surface area contributed by atoms with Crippen molar-refractivity contribution in [2.24, 2.45) is 0 Å². The molecule has 0 amide bonds. The quantitative estimate of drug-likeness (QED) is 0.737. The molecule has 0 aliphatic carbocycles. The third-order valence-electron chi connectivity index (χ3n) is 2.90. The van der Waals surface area contributed by atoms with E-state index in [1.807, 2.05) is 0 Å². The summed E-state index contributed by atoms with van der Waals surface area (Å²) in [6.45, 7) is 4.73. The van der Waals surface area contributed by atoms with E-state index in [2.05, 4.69) is 0 Å². The fourth-order valence-corrected chi connectivity index (χ4v) is 4.12. The fraction of sp³-hybridized carbons (Fsp3) is 0.462. The van der Waals surface area contributed by atoms with Crippen LogP contribution in [-0.4, -0.2) is 48.2 Å². The third kappa shape index (κ3) is 4.92. The zero-order valence-electron chi connectivity index (χ0n) is 12.3. The van der Waals surface area contributed by atoms with Crippen LogP contribution in [0.1, 0.15) is 24.3 Å². The lowest BCUT2D eigenvalue weighted by atomic mass is 10.3. The van der Waals surface area contributed by atoms with Crippen molar-refractivity contribution in [3.63, 3.8) is 0 Å². The van der Waals surface area contributed by atoms with Crippen LogP contribution >= 0.6 is 11.3 Å². The molecule has 1 rings (SSSR count). The molecule has 0 aliphatic heterocycles. The third-order valence-corrected chi connectivity index (χ3v) is 5.92. The summed E-state index contributed by atoms with van der Waals surface area (Å²) in [6, 6.07) is 1.79. The molecule has 0 bridgehead atoms. The van der Waals surface area contributed by atoms with Gasteiger partial charge >= 0.3 is 5.97 Å². The summed E-state index contributed by atoms with van der Waals surface area (Å²) in [5.41, 5.74) is 0.756. The van der Waals surface area contributed by atoms with Gasteiger partial charge in [0.15, 0.2) is 0 Å². The molecule has 0 spiro atoms. The maximum absolute atomic E-state index is 12.3. The highest BCUT2D eigenvalue weighted by atomic mass is 32.2. The first-order chi connectivity index (χ1) is 9.81. The molecule has 6 nitrogen and oxygen atoms in total. The van der Waals surface area contributed by atoms with Gasteiger partial charge < -0.3 is 5.11 Å². The lowest BCUT2D eigenvalue weighted by Crippen LogP contribution is -2.41. The first kappa shape index (κ1) is 17.8. The summed E-state index contributed by atoms with van der Waals surface area (Å²) >= 11 is 1.40. The minimum Gasteiger partial charge on any atom is -0.478 e. The highest BCUT2D eigenvalue weighted by molar-refractivity contribution is 7.86. The molecule has 1 heterocycles. The molecule has 1 aromatic heterocycles. The van der Waals surface area contributed by atoms with Crippen LogP contribution in [0.5, 0.6) is 0 Å². The average molecular weight is 332 g/mol. The van der Waals surface area contributed by atoms with Gasteiger partial charge in [0, 0.05) is 37.6 Å². The van der Waals surface area contributed by atoms with Gasteiger partial charge in [-0.05, 0) is 23.1 Å². The van der Waals surface area contributed by atoms with Gasteiger partial charge in [-0.3, -0.25) is 0 Å². The molecule has 0 saturated carbocycles. The average Bonchev–Trinajstić information content (AvgIpc) is 2.85. The van der Waals surface area contributed by atoms with Crippen molar-refractivity contribution in [1.82, 2.24) is 8.61 Å². The van der Waals surface area contributed by atoms with Crippen LogP contribution in [-0.2, 0) is 21.5 Å². The van der Waals surface area contributed by atoms with Crippen LogP contribution in [0.3, 0.4) is 0 Å². The molecule has 1 N–H and O–H groups in total. The number of carboxylic acid groups (broad SMARTS) is 1. The second kappa shape index (κ2) is 7.69. The van der Waals surface area contributed by atoms with Crippen LogP contribution in [0, 0.1) is 0 Å². The lowest BCUT2D eigenvalue weighted by Gasteiger charge is -2.25. The van der Waals surface area contributed by atoms with E-state index in [9.17, 15) is 13.2 Å². The molecule has 118 valence electrons. The molecule has 21 heavy (non-hydrogen) atoms. The Morgan fingerprint density at radius 1 is 1.38 bits per heavy atom. The number of rotatable bonds is 8. The summed E-state index contributed by atoms with van der Waals surface area (Å²) < 4.78 is 27.3. The molecule has 0 unspecified atom stereocenters. The highest BCUT2D eigenvalue weighted by Gasteiger charge is 2.24. The molecule has 0 aromatic carbocycles. The second-order valence-electron chi connectivity index (χ2n) is 4.37. The van der Waals surface area contributed by atoms with E-state index in [4.69, 9.17) is 5.11 Å². The maximum atomic E-state index is 12.3. The Morgan fingerprint density at radius 2 is 2.00 bits per heavy atom. The van der Waals surface area contributed by atoms with Crippen molar-refractivity contribution in [1.29, 1.82) is 0 Å². The number of thiophene rings is 1. The number of hydrogen-bond acceptors (Lipinski definition) is 4.